The summed E-state index contributed by atoms with van der Waals surface area (Å²) in [4.78, 5) is 29.1. The van der Waals surface area contributed by atoms with Crippen LogP contribution in [0.4, 0.5) is 10.5 Å². The minimum absolute atomic E-state index is 0.173. The summed E-state index contributed by atoms with van der Waals surface area (Å²) >= 11 is 0. The van der Waals surface area contributed by atoms with Crippen molar-refractivity contribution in [3.05, 3.63) is 29.8 Å². The molecule has 1 spiro atoms. The zero-order chi connectivity index (χ0) is 18.9. The van der Waals surface area contributed by atoms with Gasteiger partial charge in [-0.25, -0.2) is 4.79 Å². The SMILES string of the molecule is CCOC(=O)N1CCCN(C2CCC3(CC2)C(=O)Nc2ccccc23)CC1. The van der Waals surface area contributed by atoms with E-state index >= 15 is 0 Å². The molecule has 2 fully saturated rings. The van der Waals surface area contributed by atoms with Gasteiger partial charge in [-0.3, -0.25) is 9.69 Å². The zero-order valence-electron chi connectivity index (χ0n) is 16.1. The lowest BCUT2D eigenvalue weighted by molar-refractivity contribution is -0.122. The molecule has 1 saturated heterocycles. The molecule has 0 unspecified atom stereocenters. The average Bonchev–Trinajstić information content (AvgIpc) is 2.84. The van der Waals surface area contributed by atoms with Gasteiger partial charge in [-0.2, -0.15) is 0 Å². The van der Waals surface area contributed by atoms with Crippen LogP contribution < -0.4 is 5.32 Å². The van der Waals surface area contributed by atoms with Gasteiger partial charge in [0.05, 0.1) is 12.0 Å². The Morgan fingerprint density at radius 1 is 1.19 bits per heavy atom. The third-order valence-electron chi connectivity index (χ3n) is 6.51. The molecule has 1 N–H and O–H groups in total. The van der Waals surface area contributed by atoms with Gasteiger partial charge in [0.15, 0.2) is 0 Å². The number of hydrogen-bond acceptors (Lipinski definition) is 4. The van der Waals surface area contributed by atoms with Crippen LogP contribution in [0.5, 0.6) is 0 Å². The number of rotatable bonds is 2. The van der Waals surface area contributed by atoms with E-state index in [9.17, 15) is 9.59 Å². The summed E-state index contributed by atoms with van der Waals surface area (Å²) in [5.74, 6) is 0.173. The van der Waals surface area contributed by atoms with Gasteiger partial charge in [-0.05, 0) is 50.7 Å². The zero-order valence-corrected chi connectivity index (χ0v) is 16.1. The number of carbonyl (C=O) groups excluding carboxylic acids is 2. The van der Waals surface area contributed by atoms with Gasteiger partial charge in [0.25, 0.3) is 0 Å². The highest BCUT2D eigenvalue weighted by Gasteiger charge is 2.49. The first-order chi connectivity index (χ1) is 13.1. The number of hydrogen-bond donors (Lipinski definition) is 1. The van der Waals surface area contributed by atoms with Crippen LogP contribution in [-0.4, -0.2) is 60.6 Å². The first kappa shape index (κ1) is 18.3. The number of amides is 2. The Balaban J connectivity index is 1.39. The molecule has 2 amide bonds. The Kier molecular flexibility index (Phi) is 5.08. The van der Waals surface area contributed by atoms with Crippen LogP contribution in [0.2, 0.25) is 0 Å². The van der Waals surface area contributed by atoms with Gasteiger partial charge < -0.3 is 15.0 Å². The van der Waals surface area contributed by atoms with Crippen molar-refractivity contribution in [3.63, 3.8) is 0 Å². The van der Waals surface area contributed by atoms with E-state index in [1.54, 1.807) is 0 Å². The fraction of sp³-hybridized carbons (Fsp3) is 0.619. The van der Waals surface area contributed by atoms with Gasteiger partial charge >= 0.3 is 6.09 Å². The topological polar surface area (TPSA) is 61.9 Å². The van der Waals surface area contributed by atoms with Crippen molar-refractivity contribution in [1.82, 2.24) is 9.80 Å². The number of carbonyl (C=O) groups is 2. The van der Waals surface area contributed by atoms with Crippen molar-refractivity contribution >= 4 is 17.7 Å². The van der Waals surface area contributed by atoms with Gasteiger partial charge in [0, 0.05) is 37.9 Å². The number of anilines is 1. The molecule has 0 atom stereocenters. The monoisotopic (exact) mass is 371 g/mol. The molecule has 3 aliphatic rings. The van der Waals surface area contributed by atoms with Crippen molar-refractivity contribution in [3.8, 4) is 0 Å². The molecular formula is C21H29N3O3. The third-order valence-corrected chi connectivity index (χ3v) is 6.51. The first-order valence-corrected chi connectivity index (χ1v) is 10.2. The van der Waals surface area contributed by atoms with Gasteiger partial charge in [-0.15, -0.1) is 0 Å². The predicted molar refractivity (Wildman–Crippen MR) is 104 cm³/mol. The van der Waals surface area contributed by atoms with E-state index in [0.717, 1.165) is 64.0 Å². The Bertz CT molecular complexity index is 712. The highest BCUT2D eigenvalue weighted by atomic mass is 16.6. The number of benzene rings is 1. The molecule has 146 valence electrons. The molecule has 2 aliphatic heterocycles. The lowest BCUT2D eigenvalue weighted by Gasteiger charge is -2.40. The second-order valence-corrected chi connectivity index (χ2v) is 7.89. The fourth-order valence-corrected chi connectivity index (χ4v) is 5.03. The normalized spacial score (nSPS) is 28.6. The molecule has 0 bridgehead atoms. The van der Waals surface area contributed by atoms with Crippen LogP contribution >= 0.6 is 0 Å². The van der Waals surface area contributed by atoms with Crippen molar-refractivity contribution in [2.45, 2.75) is 50.5 Å². The molecule has 6 heteroatoms. The number of para-hydroxylation sites is 1. The third kappa shape index (κ3) is 3.31. The summed E-state index contributed by atoms with van der Waals surface area (Å²) < 4.78 is 5.15. The number of nitrogens with zero attached hydrogens (tertiary/aromatic N) is 2. The second kappa shape index (κ2) is 7.50. The van der Waals surface area contributed by atoms with E-state index in [1.807, 2.05) is 30.0 Å². The summed E-state index contributed by atoms with van der Waals surface area (Å²) in [5, 5.41) is 3.08. The number of fused-ring (bicyclic) bond motifs is 2. The smallest absolute Gasteiger partial charge is 0.409 e. The van der Waals surface area contributed by atoms with Crippen LogP contribution in [0.1, 0.15) is 44.6 Å². The van der Waals surface area contributed by atoms with Gasteiger partial charge in [-0.1, -0.05) is 18.2 Å². The molecule has 2 heterocycles. The Morgan fingerprint density at radius 2 is 1.96 bits per heavy atom. The number of ether oxygens (including phenoxy) is 1. The second-order valence-electron chi connectivity index (χ2n) is 7.89. The summed E-state index contributed by atoms with van der Waals surface area (Å²) in [7, 11) is 0. The van der Waals surface area contributed by atoms with Gasteiger partial charge in [0.2, 0.25) is 5.91 Å². The minimum atomic E-state index is -0.337. The molecule has 4 rings (SSSR count). The van der Waals surface area contributed by atoms with Crippen molar-refractivity contribution in [2.75, 3.05) is 38.1 Å². The quantitative estimate of drug-likeness (QED) is 0.868. The van der Waals surface area contributed by atoms with Crippen LogP contribution in [-0.2, 0) is 14.9 Å². The summed E-state index contributed by atoms with van der Waals surface area (Å²) in [6.07, 6.45) is 4.64. The Hall–Kier alpha value is -2.08. The van der Waals surface area contributed by atoms with E-state index in [4.69, 9.17) is 4.74 Å². The van der Waals surface area contributed by atoms with Crippen molar-refractivity contribution < 1.29 is 14.3 Å². The standard InChI is InChI=1S/C21H29N3O3/c1-2-27-20(26)24-13-5-12-23(14-15-24)16-8-10-21(11-9-16)17-6-3-4-7-18(17)22-19(21)25/h3-4,6-7,16H,2,5,8-15H2,1H3,(H,22,25). The lowest BCUT2D eigenvalue weighted by atomic mass is 9.68. The van der Waals surface area contributed by atoms with Crippen molar-refractivity contribution in [1.29, 1.82) is 0 Å². The maximum Gasteiger partial charge on any atom is 0.409 e. The van der Waals surface area contributed by atoms with E-state index in [-0.39, 0.29) is 17.4 Å². The highest BCUT2D eigenvalue weighted by molar-refractivity contribution is 6.06. The fourth-order valence-electron chi connectivity index (χ4n) is 5.03. The van der Waals surface area contributed by atoms with E-state index < -0.39 is 0 Å². The maximum atomic E-state index is 12.7. The maximum absolute atomic E-state index is 12.7. The van der Waals surface area contributed by atoms with E-state index in [2.05, 4.69) is 16.3 Å². The average molecular weight is 371 g/mol. The Morgan fingerprint density at radius 3 is 2.74 bits per heavy atom. The predicted octanol–water partition coefficient (Wildman–Crippen LogP) is 2.98. The Labute approximate surface area is 160 Å². The van der Waals surface area contributed by atoms with Crippen LogP contribution in [0.3, 0.4) is 0 Å². The summed E-state index contributed by atoms with van der Waals surface area (Å²) in [6, 6.07) is 8.63. The first-order valence-electron chi connectivity index (χ1n) is 10.2. The molecule has 6 nitrogen and oxygen atoms in total. The molecule has 0 radical (unpaired) electrons. The van der Waals surface area contributed by atoms with Crippen LogP contribution in [0, 0.1) is 0 Å². The van der Waals surface area contributed by atoms with Crippen molar-refractivity contribution in [2.24, 2.45) is 0 Å². The van der Waals surface area contributed by atoms with Crippen LogP contribution in [0.25, 0.3) is 0 Å². The van der Waals surface area contributed by atoms with E-state index in [0.29, 0.717) is 12.6 Å². The number of nitrogens with one attached hydrogen (secondary N) is 1. The molecule has 1 aliphatic carbocycles. The largest absolute Gasteiger partial charge is 0.450 e. The molecule has 27 heavy (non-hydrogen) atoms. The lowest BCUT2D eigenvalue weighted by Crippen LogP contribution is -2.46. The highest BCUT2D eigenvalue weighted by Crippen LogP contribution is 2.48. The molecule has 1 aromatic carbocycles. The van der Waals surface area contributed by atoms with Gasteiger partial charge in [0.1, 0.15) is 0 Å². The minimum Gasteiger partial charge on any atom is -0.450 e. The summed E-state index contributed by atoms with van der Waals surface area (Å²) in [6.45, 7) is 5.66. The molecular weight excluding hydrogens is 342 g/mol. The summed E-state index contributed by atoms with van der Waals surface area (Å²) in [5.41, 5.74) is 1.83. The molecule has 0 aromatic heterocycles. The molecule has 1 saturated carbocycles. The van der Waals surface area contributed by atoms with E-state index in [1.165, 1.54) is 5.56 Å². The van der Waals surface area contributed by atoms with Crippen LogP contribution in [0.15, 0.2) is 24.3 Å². The molecule has 1 aromatic rings.